The van der Waals surface area contributed by atoms with Crippen molar-refractivity contribution in [2.45, 2.75) is 46.0 Å². The van der Waals surface area contributed by atoms with Crippen molar-refractivity contribution in [3.8, 4) is 0 Å². The van der Waals surface area contributed by atoms with Gasteiger partial charge >= 0.3 is 0 Å². The summed E-state index contributed by atoms with van der Waals surface area (Å²) in [4.78, 5) is 11.1. The van der Waals surface area contributed by atoms with E-state index in [4.69, 9.17) is 0 Å². The molecule has 1 aliphatic heterocycles. The molecule has 4 heteroatoms. The third-order valence-corrected chi connectivity index (χ3v) is 5.78. The van der Waals surface area contributed by atoms with Gasteiger partial charge in [0.05, 0.1) is 0 Å². The summed E-state index contributed by atoms with van der Waals surface area (Å²) >= 11 is 0. The highest BCUT2D eigenvalue weighted by atomic mass is 16.3. The first-order valence-corrected chi connectivity index (χ1v) is 9.31. The molecule has 2 heterocycles. The Kier molecular flexibility index (Phi) is 5.69. The number of aryl methyl sites for hydroxylation is 2. The highest BCUT2D eigenvalue weighted by Crippen LogP contribution is 2.37. The molecule has 25 heavy (non-hydrogen) atoms. The molecule has 0 bridgehead atoms. The minimum Gasteiger partial charge on any atom is -0.396 e. The third-order valence-electron chi connectivity index (χ3n) is 5.78. The van der Waals surface area contributed by atoms with Crippen molar-refractivity contribution in [1.82, 2.24) is 9.97 Å². The van der Waals surface area contributed by atoms with Gasteiger partial charge in [0, 0.05) is 31.0 Å². The zero-order chi connectivity index (χ0) is 17.7. The molecular formula is C21H29N3O. The molecule has 0 aliphatic carbocycles. The van der Waals surface area contributed by atoms with Gasteiger partial charge in [-0.05, 0) is 56.9 Å². The quantitative estimate of drug-likeness (QED) is 0.872. The molecule has 1 saturated heterocycles. The first-order chi connectivity index (χ1) is 12.1. The van der Waals surface area contributed by atoms with Crippen LogP contribution in [0.1, 0.15) is 42.5 Å². The van der Waals surface area contributed by atoms with Crippen molar-refractivity contribution >= 4 is 5.82 Å². The van der Waals surface area contributed by atoms with E-state index in [1.807, 2.05) is 6.92 Å². The SMILES string of the molecule is Cc1ncnc(N2CCC(CO)(CCCc3ccccc3)CC2)c1C. The van der Waals surface area contributed by atoms with E-state index in [1.54, 1.807) is 6.33 Å². The number of anilines is 1. The third kappa shape index (κ3) is 4.18. The molecule has 2 aromatic rings. The fourth-order valence-electron chi connectivity index (χ4n) is 3.84. The summed E-state index contributed by atoms with van der Waals surface area (Å²) in [5.74, 6) is 1.06. The number of piperidine rings is 1. The number of hydrogen-bond acceptors (Lipinski definition) is 4. The minimum absolute atomic E-state index is 0.0707. The summed E-state index contributed by atoms with van der Waals surface area (Å²) in [6, 6.07) is 10.6. The predicted octanol–water partition coefficient (Wildman–Crippen LogP) is 3.70. The lowest BCUT2D eigenvalue weighted by Gasteiger charge is -2.41. The zero-order valence-electron chi connectivity index (χ0n) is 15.4. The van der Waals surface area contributed by atoms with E-state index in [0.717, 1.165) is 56.7 Å². The van der Waals surface area contributed by atoms with Crippen molar-refractivity contribution < 1.29 is 5.11 Å². The lowest BCUT2D eigenvalue weighted by Crippen LogP contribution is -2.42. The average Bonchev–Trinajstić information content (AvgIpc) is 2.66. The van der Waals surface area contributed by atoms with Gasteiger partial charge in [-0.1, -0.05) is 30.3 Å². The van der Waals surface area contributed by atoms with E-state index in [2.05, 4.69) is 52.1 Å². The van der Waals surface area contributed by atoms with E-state index in [1.165, 1.54) is 11.1 Å². The molecule has 1 N–H and O–H groups in total. The van der Waals surface area contributed by atoms with Gasteiger partial charge in [0.2, 0.25) is 0 Å². The number of aliphatic hydroxyl groups excluding tert-OH is 1. The molecule has 134 valence electrons. The van der Waals surface area contributed by atoms with Gasteiger partial charge in [-0.3, -0.25) is 0 Å². The summed E-state index contributed by atoms with van der Waals surface area (Å²) in [5, 5.41) is 10.1. The van der Waals surface area contributed by atoms with Crippen LogP contribution in [0.15, 0.2) is 36.7 Å². The smallest absolute Gasteiger partial charge is 0.135 e. The number of rotatable bonds is 6. The first-order valence-electron chi connectivity index (χ1n) is 9.31. The second-order valence-corrected chi connectivity index (χ2v) is 7.39. The molecule has 1 fully saturated rings. The zero-order valence-corrected chi connectivity index (χ0v) is 15.4. The molecule has 0 atom stereocenters. The maximum absolute atomic E-state index is 10.1. The Morgan fingerprint density at radius 1 is 1.08 bits per heavy atom. The fraction of sp³-hybridized carbons (Fsp3) is 0.524. The van der Waals surface area contributed by atoms with Crippen LogP contribution < -0.4 is 4.90 Å². The normalized spacial score (nSPS) is 16.8. The van der Waals surface area contributed by atoms with Crippen LogP contribution >= 0.6 is 0 Å². The van der Waals surface area contributed by atoms with Crippen molar-refractivity contribution in [1.29, 1.82) is 0 Å². The van der Waals surface area contributed by atoms with E-state index < -0.39 is 0 Å². The van der Waals surface area contributed by atoms with Crippen LogP contribution in [0, 0.1) is 19.3 Å². The fourth-order valence-corrected chi connectivity index (χ4v) is 3.84. The van der Waals surface area contributed by atoms with Crippen LogP contribution in [0.4, 0.5) is 5.82 Å². The first kappa shape index (κ1) is 17.9. The summed E-state index contributed by atoms with van der Waals surface area (Å²) < 4.78 is 0. The summed E-state index contributed by atoms with van der Waals surface area (Å²) in [7, 11) is 0. The molecule has 3 rings (SSSR count). The summed E-state index contributed by atoms with van der Waals surface area (Å²) in [5.41, 5.74) is 3.68. The molecule has 0 spiro atoms. The maximum atomic E-state index is 10.1. The molecule has 1 aliphatic rings. The average molecular weight is 339 g/mol. The van der Waals surface area contributed by atoms with Crippen molar-refractivity contribution in [2.24, 2.45) is 5.41 Å². The Morgan fingerprint density at radius 3 is 2.48 bits per heavy atom. The standard InChI is InChI=1S/C21H29N3O/c1-17-18(2)22-16-23-20(17)24-13-11-21(15-25,12-14-24)10-6-9-19-7-4-3-5-8-19/h3-5,7-8,16,25H,6,9-15H2,1-2H3. The molecule has 0 radical (unpaired) electrons. The Morgan fingerprint density at radius 2 is 1.80 bits per heavy atom. The van der Waals surface area contributed by atoms with Crippen LogP contribution in [0.2, 0.25) is 0 Å². The second-order valence-electron chi connectivity index (χ2n) is 7.39. The second kappa shape index (κ2) is 7.96. The molecule has 0 unspecified atom stereocenters. The molecular weight excluding hydrogens is 310 g/mol. The van der Waals surface area contributed by atoms with Gasteiger partial charge in [-0.25, -0.2) is 9.97 Å². The van der Waals surface area contributed by atoms with Crippen molar-refractivity contribution in [2.75, 3.05) is 24.6 Å². The number of aromatic nitrogens is 2. The van der Waals surface area contributed by atoms with Crippen LogP contribution in [-0.2, 0) is 6.42 Å². The van der Waals surface area contributed by atoms with Gasteiger partial charge in [0.1, 0.15) is 12.1 Å². The predicted molar refractivity (Wildman–Crippen MR) is 102 cm³/mol. The minimum atomic E-state index is 0.0707. The summed E-state index contributed by atoms with van der Waals surface area (Å²) in [6.07, 6.45) is 7.04. The molecule has 0 amide bonds. The number of benzene rings is 1. The Labute approximate surface area is 150 Å². The number of aliphatic hydroxyl groups is 1. The van der Waals surface area contributed by atoms with Crippen LogP contribution in [-0.4, -0.2) is 34.8 Å². The van der Waals surface area contributed by atoms with Gasteiger partial charge in [-0.15, -0.1) is 0 Å². The summed E-state index contributed by atoms with van der Waals surface area (Å²) in [6.45, 7) is 6.34. The van der Waals surface area contributed by atoms with E-state index in [0.29, 0.717) is 0 Å². The van der Waals surface area contributed by atoms with Crippen LogP contribution in [0.25, 0.3) is 0 Å². The number of hydrogen-bond donors (Lipinski definition) is 1. The van der Waals surface area contributed by atoms with Crippen LogP contribution in [0.3, 0.4) is 0 Å². The molecule has 1 aromatic heterocycles. The molecule has 1 aromatic carbocycles. The van der Waals surface area contributed by atoms with Gasteiger partial charge in [0.15, 0.2) is 0 Å². The highest BCUT2D eigenvalue weighted by molar-refractivity contribution is 5.47. The van der Waals surface area contributed by atoms with E-state index in [-0.39, 0.29) is 12.0 Å². The monoisotopic (exact) mass is 339 g/mol. The van der Waals surface area contributed by atoms with Crippen LogP contribution in [0.5, 0.6) is 0 Å². The van der Waals surface area contributed by atoms with Crippen molar-refractivity contribution in [3.05, 3.63) is 53.5 Å². The number of nitrogens with zero attached hydrogens (tertiary/aromatic N) is 3. The molecule has 0 saturated carbocycles. The van der Waals surface area contributed by atoms with Gasteiger partial charge in [-0.2, -0.15) is 0 Å². The maximum Gasteiger partial charge on any atom is 0.135 e. The Hall–Kier alpha value is -1.94. The Bertz CT molecular complexity index is 679. The van der Waals surface area contributed by atoms with Gasteiger partial charge < -0.3 is 10.0 Å². The Balaban J connectivity index is 1.57. The topological polar surface area (TPSA) is 49.2 Å². The lowest BCUT2D eigenvalue weighted by molar-refractivity contribution is 0.0848. The van der Waals surface area contributed by atoms with E-state index >= 15 is 0 Å². The lowest BCUT2D eigenvalue weighted by atomic mass is 9.75. The largest absolute Gasteiger partial charge is 0.396 e. The highest BCUT2D eigenvalue weighted by Gasteiger charge is 2.34. The van der Waals surface area contributed by atoms with E-state index in [9.17, 15) is 5.11 Å². The van der Waals surface area contributed by atoms with Crippen molar-refractivity contribution in [3.63, 3.8) is 0 Å². The van der Waals surface area contributed by atoms with Gasteiger partial charge in [0.25, 0.3) is 0 Å². The molecule has 4 nitrogen and oxygen atoms in total.